The van der Waals surface area contributed by atoms with Crippen molar-refractivity contribution in [1.82, 2.24) is 9.97 Å². The maximum atomic E-state index is 13.4. The average molecular weight is 403 g/mol. The van der Waals surface area contributed by atoms with Gasteiger partial charge in [-0.15, -0.1) is 0 Å². The molecular formula is C15H16F2IN3. The van der Waals surface area contributed by atoms with Gasteiger partial charge in [-0.25, -0.2) is 18.7 Å². The van der Waals surface area contributed by atoms with Crippen LogP contribution in [-0.4, -0.2) is 16.5 Å². The van der Waals surface area contributed by atoms with Crippen LogP contribution in [0.4, 0.5) is 14.6 Å². The fraction of sp³-hybridized carbons (Fsp3) is 0.333. The monoisotopic (exact) mass is 403 g/mol. The molecule has 2 rings (SSSR count). The molecule has 0 radical (unpaired) electrons. The highest BCUT2D eigenvalue weighted by molar-refractivity contribution is 14.1. The van der Waals surface area contributed by atoms with Crippen LogP contribution in [0.5, 0.6) is 0 Å². The van der Waals surface area contributed by atoms with Crippen molar-refractivity contribution >= 4 is 28.4 Å². The van der Waals surface area contributed by atoms with E-state index < -0.39 is 11.6 Å². The molecule has 6 heteroatoms. The minimum absolute atomic E-state index is 0.210. The highest BCUT2D eigenvalue weighted by Gasteiger charge is 2.16. The minimum Gasteiger partial charge on any atom is -0.369 e. The molecular weight excluding hydrogens is 387 g/mol. The zero-order chi connectivity index (χ0) is 15.6. The Balaban J connectivity index is 2.59. The standard InChI is InChI=1S/C15H16F2IN3/c1-4-19-15-12(18)13(8(2)3)20-14(21-15)9-5-6-10(16)11(17)7-9/h5-8H,4H2,1-3H3,(H,19,20,21). The highest BCUT2D eigenvalue weighted by Crippen LogP contribution is 2.28. The number of nitrogens with zero attached hydrogens (tertiary/aromatic N) is 2. The molecule has 0 spiro atoms. The van der Waals surface area contributed by atoms with Gasteiger partial charge in [0.25, 0.3) is 0 Å². The molecule has 0 aliphatic heterocycles. The van der Waals surface area contributed by atoms with Crippen LogP contribution in [0.2, 0.25) is 0 Å². The van der Waals surface area contributed by atoms with Crippen molar-refractivity contribution in [3.05, 3.63) is 39.1 Å². The van der Waals surface area contributed by atoms with Gasteiger partial charge in [0.2, 0.25) is 0 Å². The van der Waals surface area contributed by atoms with Gasteiger partial charge in [0.1, 0.15) is 5.82 Å². The van der Waals surface area contributed by atoms with Gasteiger partial charge in [-0.05, 0) is 53.6 Å². The smallest absolute Gasteiger partial charge is 0.161 e. The van der Waals surface area contributed by atoms with Crippen LogP contribution < -0.4 is 5.32 Å². The van der Waals surface area contributed by atoms with Crippen molar-refractivity contribution in [2.45, 2.75) is 26.7 Å². The van der Waals surface area contributed by atoms with E-state index in [-0.39, 0.29) is 5.92 Å². The number of hydrogen-bond acceptors (Lipinski definition) is 3. The normalized spacial score (nSPS) is 11.0. The Hall–Kier alpha value is -1.31. The summed E-state index contributed by atoms with van der Waals surface area (Å²) in [5.41, 5.74) is 1.35. The Morgan fingerprint density at radius 3 is 2.48 bits per heavy atom. The first-order chi connectivity index (χ1) is 9.93. The van der Waals surface area contributed by atoms with Crippen LogP contribution in [0.15, 0.2) is 18.2 Å². The van der Waals surface area contributed by atoms with Crippen LogP contribution in [0.3, 0.4) is 0 Å². The Morgan fingerprint density at radius 1 is 1.19 bits per heavy atom. The second-order valence-electron chi connectivity index (χ2n) is 4.91. The van der Waals surface area contributed by atoms with Crippen molar-refractivity contribution < 1.29 is 8.78 Å². The maximum Gasteiger partial charge on any atom is 0.161 e. The summed E-state index contributed by atoms with van der Waals surface area (Å²) in [5.74, 6) is -0.446. The molecule has 1 aromatic heterocycles. The molecule has 21 heavy (non-hydrogen) atoms. The lowest BCUT2D eigenvalue weighted by Gasteiger charge is -2.14. The number of nitrogens with one attached hydrogen (secondary N) is 1. The van der Waals surface area contributed by atoms with Gasteiger partial charge < -0.3 is 5.32 Å². The lowest BCUT2D eigenvalue weighted by Crippen LogP contribution is -2.09. The van der Waals surface area contributed by atoms with Crippen LogP contribution in [0.1, 0.15) is 32.4 Å². The first-order valence-electron chi connectivity index (χ1n) is 6.70. The number of anilines is 1. The van der Waals surface area contributed by atoms with E-state index in [1.807, 2.05) is 20.8 Å². The van der Waals surface area contributed by atoms with E-state index in [0.29, 0.717) is 11.4 Å². The van der Waals surface area contributed by atoms with E-state index in [1.54, 1.807) is 0 Å². The molecule has 0 fully saturated rings. The number of benzene rings is 1. The van der Waals surface area contributed by atoms with E-state index in [2.05, 4.69) is 37.9 Å². The molecule has 0 atom stereocenters. The second kappa shape index (κ2) is 6.64. The predicted molar refractivity (Wildman–Crippen MR) is 88.4 cm³/mol. The SMILES string of the molecule is CCNc1nc(-c2ccc(F)c(F)c2)nc(C(C)C)c1I. The molecule has 0 unspecified atom stereocenters. The quantitative estimate of drug-likeness (QED) is 0.760. The summed E-state index contributed by atoms with van der Waals surface area (Å²) >= 11 is 2.21. The fourth-order valence-electron chi connectivity index (χ4n) is 1.90. The molecule has 0 amide bonds. The van der Waals surface area contributed by atoms with Gasteiger partial charge in [0.05, 0.1) is 9.26 Å². The van der Waals surface area contributed by atoms with Crippen molar-refractivity contribution in [2.75, 3.05) is 11.9 Å². The third kappa shape index (κ3) is 3.48. The molecule has 1 N–H and O–H groups in total. The first kappa shape index (κ1) is 16.1. The zero-order valence-electron chi connectivity index (χ0n) is 12.0. The summed E-state index contributed by atoms with van der Waals surface area (Å²) < 4.78 is 27.4. The van der Waals surface area contributed by atoms with Gasteiger partial charge in [0, 0.05) is 12.1 Å². The summed E-state index contributed by atoms with van der Waals surface area (Å²) in [6.07, 6.45) is 0. The van der Waals surface area contributed by atoms with Crippen LogP contribution >= 0.6 is 22.6 Å². The van der Waals surface area contributed by atoms with E-state index in [4.69, 9.17) is 0 Å². The van der Waals surface area contributed by atoms with Crippen molar-refractivity contribution in [1.29, 1.82) is 0 Å². The van der Waals surface area contributed by atoms with Crippen LogP contribution in [-0.2, 0) is 0 Å². The molecule has 3 nitrogen and oxygen atoms in total. The van der Waals surface area contributed by atoms with E-state index >= 15 is 0 Å². The molecule has 0 bridgehead atoms. The highest BCUT2D eigenvalue weighted by atomic mass is 127. The summed E-state index contributed by atoms with van der Waals surface area (Å²) in [4.78, 5) is 8.94. The summed E-state index contributed by atoms with van der Waals surface area (Å²) in [7, 11) is 0. The summed E-state index contributed by atoms with van der Waals surface area (Å²) in [6.45, 7) is 6.77. The molecule has 1 aromatic carbocycles. The largest absolute Gasteiger partial charge is 0.369 e. The molecule has 2 aromatic rings. The van der Waals surface area contributed by atoms with Crippen LogP contribution in [0, 0.1) is 15.2 Å². The van der Waals surface area contributed by atoms with Crippen molar-refractivity contribution in [2.24, 2.45) is 0 Å². The van der Waals surface area contributed by atoms with Crippen LogP contribution in [0.25, 0.3) is 11.4 Å². The number of halogens is 3. The molecule has 112 valence electrons. The lowest BCUT2D eigenvalue weighted by molar-refractivity contribution is 0.509. The predicted octanol–water partition coefficient (Wildman–Crippen LogP) is 4.58. The van der Waals surface area contributed by atoms with Gasteiger partial charge in [-0.1, -0.05) is 13.8 Å². The number of aromatic nitrogens is 2. The average Bonchev–Trinajstić information content (AvgIpc) is 2.44. The number of hydrogen-bond donors (Lipinski definition) is 1. The van der Waals surface area contributed by atoms with Gasteiger partial charge >= 0.3 is 0 Å². The van der Waals surface area contributed by atoms with E-state index in [0.717, 1.165) is 33.8 Å². The maximum absolute atomic E-state index is 13.4. The third-order valence-corrected chi connectivity index (χ3v) is 4.01. The van der Waals surface area contributed by atoms with Gasteiger partial charge in [-0.2, -0.15) is 0 Å². The fourth-order valence-corrected chi connectivity index (χ4v) is 2.95. The first-order valence-corrected chi connectivity index (χ1v) is 7.78. The van der Waals surface area contributed by atoms with Crippen molar-refractivity contribution in [3.63, 3.8) is 0 Å². The molecule has 0 aliphatic rings. The third-order valence-electron chi connectivity index (χ3n) is 2.95. The van der Waals surface area contributed by atoms with Gasteiger partial charge in [-0.3, -0.25) is 0 Å². The Morgan fingerprint density at radius 2 is 1.90 bits per heavy atom. The molecule has 0 aliphatic carbocycles. The van der Waals surface area contributed by atoms with Crippen molar-refractivity contribution in [3.8, 4) is 11.4 Å². The molecule has 1 heterocycles. The summed E-state index contributed by atoms with van der Waals surface area (Å²) in [6, 6.07) is 3.70. The molecule has 0 saturated carbocycles. The Bertz CT molecular complexity index is 660. The Kier molecular flexibility index (Phi) is 5.08. The zero-order valence-corrected chi connectivity index (χ0v) is 14.2. The molecule has 0 saturated heterocycles. The Labute approximate surface area is 136 Å². The minimum atomic E-state index is -0.897. The number of rotatable bonds is 4. The topological polar surface area (TPSA) is 37.8 Å². The lowest BCUT2D eigenvalue weighted by atomic mass is 10.1. The van der Waals surface area contributed by atoms with Gasteiger partial charge in [0.15, 0.2) is 17.5 Å². The second-order valence-corrected chi connectivity index (χ2v) is 5.99. The van der Waals surface area contributed by atoms with E-state index in [1.165, 1.54) is 6.07 Å². The summed E-state index contributed by atoms with van der Waals surface area (Å²) in [5, 5.41) is 3.18. The van der Waals surface area contributed by atoms with E-state index in [9.17, 15) is 8.78 Å².